The normalized spacial score (nSPS) is 19.8. The van der Waals surface area contributed by atoms with Crippen LogP contribution >= 0.6 is 0 Å². The zero-order chi connectivity index (χ0) is 20.0. The predicted octanol–water partition coefficient (Wildman–Crippen LogP) is 4.90. The summed E-state index contributed by atoms with van der Waals surface area (Å²) >= 11 is 0. The largest absolute Gasteiger partial charge is 0.300 e. The molecule has 1 saturated carbocycles. The van der Waals surface area contributed by atoms with Crippen molar-refractivity contribution in [1.29, 1.82) is 0 Å². The number of hydrogen-bond donors (Lipinski definition) is 1. The van der Waals surface area contributed by atoms with Gasteiger partial charge >= 0.3 is 0 Å². The number of allylic oxidation sites excluding steroid dienone is 3. The predicted molar refractivity (Wildman–Crippen MR) is 118 cm³/mol. The van der Waals surface area contributed by atoms with Crippen LogP contribution in [0, 0.1) is 0 Å². The Bertz CT molecular complexity index is 810. The summed E-state index contributed by atoms with van der Waals surface area (Å²) in [6.07, 6.45) is 15.6. The number of aryl methyl sites for hydroxylation is 1. The van der Waals surface area contributed by atoms with Gasteiger partial charge in [0.1, 0.15) is 0 Å². The fourth-order valence-corrected chi connectivity index (χ4v) is 5.01. The quantitative estimate of drug-likeness (QED) is 0.639. The molecule has 3 rings (SSSR count). The Morgan fingerprint density at radius 1 is 1.07 bits per heavy atom. The highest BCUT2D eigenvalue weighted by Gasteiger charge is 2.25. The maximum absolute atomic E-state index is 11.3. The van der Waals surface area contributed by atoms with Crippen molar-refractivity contribution < 1.29 is 8.42 Å². The second-order valence-electron chi connectivity index (χ2n) is 8.14. The van der Waals surface area contributed by atoms with E-state index in [1.54, 1.807) is 11.1 Å². The highest BCUT2D eigenvalue weighted by molar-refractivity contribution is 7.92. The Morgan fingerprint density at radius 2 is 1.79 bits per heavy atom. The van der Waals surface area contributed by atoms with Gasteiger partial charge in [-0.2, -0.15) is 0 Å². The molecule has 28 heavy (non-hydrogen) atoms. The smallest absolute Gasteiger partial charge is 0.229 e. The third-order valence-corrected chi connectivity index (χ3v) is 6.36. The van der Waals surface area contributed by atoms with Crippen LogP contribution in [0.15, 0.2) is 47.6 Å². The van der Waals surface area contributed by atoms with Crippen molar-refractivity contribution in [3.05, 3.63) is 53.1 Å². The van der Waals surface area contributed by atoms with Crippen molar-refractivity contribution in [2.24, 2.45) is 0 Å². The van der Waals surface area contributed by atoms with Crippen molar-refractivity contribution in [3.63, 3.8) is 0 Å². The maximum Gasteiger partial charge on any atom is 0.229 e. The molecule has 1 aromatic carbocycles. The first-order valence-electron chi connectivity index (χ1n) is 10.6. The van der Waals surface area contributed by atoms with Crippen molar-refractivity contribution in [2.75, 3.05) is 24.1 Å². The summed E-state index contributed by atoms with van der Waals surface area (Å²) in [5.41, 5.74) is 5.12. The monoisotopic (exact) mass is 402 g/mol. The van der Waals surface area contributed by atoms with E-state index >= 15 is 0 Å². The number of fused-ring (bicyclic) bond motifs is 1. The molecule has 1 fully saturated rings. The van der Waals surface area contributed by atoms with Crippen LogP contribution < -0.4 is 4.72 Å². The van der Waals surface area contributed by atoms with Crippen LogP contribution in [0.4, 0.5) is 5.69 Å². The molecule has 154 valence electrons. The van der Waals surface area contributed by atoms with E-state index in [4.69, 9.17) is 0 Å². The molecule has 0 aromatic heterocycles. The number of sulfonamides is 1. The van der Waals surface area contributed by atoms with Gasteiger partial charge in [-0.05, 0) is 93.3 Å². The Balaban J connectivity index is 1.51. The van der Waals surface area contributed by atoms with Crippen LogP contribution in [0.1, 0.15) is 57.4 Å². The summed E-state index contributed by atoms with van der Waals surface area (Å²) in [7, 11) is -3.21. The molecule has 1 aromatic rings. The molecule has 2 aliphatic rings. The summed E-state index contributed by atoms with van der Waals surface area (Å²) < 4.78 is 25.1. The minimum absolute atomic E-state index is 0.630. The molecule has 0 aliphatic heterocycles. The summed E-state index contributed by atoms with van der Waals surface area (Å²) in [6, 6.07) is 8.45. The van der Waals surface area contributed by atoms with Gasteiger partial charge in [0.25, 0.3) is 0 Å². The van der Waals surface area contributed by atoms with E-state index in [0.29, 0.717) is 11.7 Å². The van der Waals surface area contributed by atoms with E-state index in [1.807, 2.05) is 24.3 Å². The number of rotatable bonds is 9. The van der Waals surface area contributed by atoms with Crippen molar-refractivity contribution in [1.82, 2.24) is 4.90 Å². The van der Waals surface area contributed by atoms with Gasteiger partial charge in [-0.3, -0.25) is 4.72 Å². The zero-order valence-electron chi connectivity index (χ0n) is 17.3. The van der Waals surface area contributed by atoms with Gasteiger partial charge in [0.05, 0.1) is 6.26 Å². The Kier molecular flexibility index (Phi) is 7.36. The molecular formula is C23H34N2O2S. The third-order valence-electron chi connectivity index (χ3n) is 5.76. The lowest BCUT2D eigenvalue weighted by Crippen LogP contribution is -2.39. The van der Waals surface area contributed by atoms with Crippen LogP contribution in [0.3, 0.4) is 0 Å². The van der Waals surface area contributed by atoms with Gasteiger partial charge in [-0.1, -0.05) is 31.2 Å². The van der Waals surface area contributed by atoms with E-state index in [1.165, 1.54) is 56.9 Å². The molecule has 1 unspecified atom stereocenters. The second-order valence-corrected chi connectivity index (χ2v) is 9.89. The summed E-state index contributed by atoms with van der Waals surface area (Å²) in [5.74, 6) is 0. The lowest BCUT2D eigenvalue weighted by atomic mass is 9.82. The SMILES string of the molecule is CCCN(CCCc1ccc(NS(C)(=O)=O)cc1)C1CCC2=CCCC=C2C1. The average Bonchev–Trinajstić information content (AvgIpc) is 2.67. The molecule has 4 nitrogen and oxygen atoms in total. The average molecular weight is 403 g/mol. The molecule has 5 heteroatoms. The number of anilines is 1. The zero-order valence-corrected chi connectivity index (χ0v) is 18.1. The van der Waals surface area contributed by atoms with Crippen LogP contribution in [-0.2, 0) is 16.4 Å². The number of hydrogen-bond acceptors (Lipinski definition) is 3. The molecule has 0 radical (unpaired) electrons. The maximum atomic E-state index is 11.3. The van der Waals surface area contributed by atoms with Crippen molar-refractivity contribution in [3.8, 4) is 0 Å². The van der Waals surface area contributed by atoms with Gasteiger partial charge in [0.2, 0.25) is 10.0 Å². The van der Waals surface area contributed by atoms with Gasteiger partial charge < -0.3 is 4.90 Å². The minimum Gasteiger partial charge on any atom is -0.300 e. The molecule has 0 saturated heterocycles. The van der Waals surface area contributed by atoms with E-state index in [2.05, 4.69) is 28.7 Å². The van der Waals surface area contributed by atoms with Crippen LogP contribution in [0.2, 0.25) is 0 Å². The Morgan fingerprint density at radius 3 is 2.46 bits per heavy atom. The molecule has 0 amide bonds. The van der Waals surface area contributed by atoms with Crippen LogP contribution in [0.25, 0.3) is 0 Å². The minimum atomic E-state index is -3.21. The molecular weight excluding hydrogens is 368 g/mol. The fraction of sp³-hybridized carbons (Fsp3) is 0.565. The van der Waals surface area contributed by atoms with Gasteiger partial charge in [0, 0.05) is 11.7 Å². The van der Waals surface area contributed by atoms with E-state index in [0.717, 1.165) is 19.4 Å². The lowest BCUT2D eigenvalue weighted by Gasteiger charge is -2.37. The second kappa shape index (κ2) is 9.75. The first kappa shape index (κ1) is 21.1. The summed E-state index contributed by atoms with van der Waals surface area (Å²) in [6.45, 7) is 4.58. The van der Waals surface area contributed by atoms with E-state index < -0.39 is 10.0 Å². The summed E-state index contributed by atoms with van der Waals surface area (Å²) in [5, 5.41) is 0. The number of benzene rings is 1. The Hall–Kier alpha value is -1.59. The van der Waals surface area contributed by atoms with E-state index in [9.17, 15) is 8.42 Å². The molecule has 0 bridgehead atoms. The topological polar surface area (TPSA) is 49.4 Å². The standard InChI is InChI=1S/C23H34N2O2S/c1-3-16-25(23-15-12-20-8-4-5-9-21(20)18-23)17-6-7-19-10-13-22(14-11-19)24-28(2,26)27/h8-11,13-14,23-24H,3-7,12,15-18H2,1-2H3. The van der Waals surface area contributed by atoms with Crippen LogP contribution in [0.5, 0.6) is 0 Å². The van der Waals surface area contributed by atoms with Crippen LogP contribution in [-0.4, -0.2) is 38.7 Å². The first-order valence-corrected chi connectivity index (χ1v) is 12.5. The molecule has 2 aliphatic carbocycles. The molecule has 1 atom stereocenters. The fourth-order valence-electron chi connectivity index (χ4n) is 4.45. The highest BCUT2D eigenvalue weighted by atomic mass is 32.2. The third kappa shape index (κ3) is 6.21. The number of nitrogens with zero attached hydrogens (tertiary/aromatic N) is 1. The first-order chi connectivity index (χ1) is 13.4. The molecule has 1 N–H and O–H groups in total. The molecule has 0 spiro atoms. The van der Waals surface area contributed by atoms with E-state index in [-0.39, 0.29) is 0 Å². The molecule has 0 heterocycles. The van der Waals surface area contributed by atoms with Gasteiger partial charge in [-0.15, -0.1) is 0 Å². The van der Waals surface area contributed by atoms with Gasteiger partial charge in [0.15, 0.2) is 0 Å². The van der Waals surface area contributed by atoms with Crippen molar-refractivity contribution in [2.45, 2.75) is 64.3 Å². The Labute approximate surface area is 170 Å². The number of nitrogens with one attached hydrogen (secondary N) is 1. The van der Waals surface area contributed by atoms with Gasteiger partial charge in [-0.25, -0.2) is 8.42 Å². The lowest BCUT2D eigenvalue weighted by molar-refractivity contribution is 0.177. The van der Waals surface area contributed by atoms with Crippen molar-refractivity contribution >= 4 is 15.7 Å². The highest BCUT2D eigenvalue weighted by Crippen LogP contribution is 2.35. The summed E-state index contributed by atoms with van der Waals surface area (Å²) in [4.78, 5) is 2.70.